The second-order valence-corrected chi connectivity index (χ2v) is 10.1. The third-order valence-electron chi connectivity index (χ3n) is 7.34. The standard InChI is InChI=1S/C30H46N2O/c1-3-5-6-7-8-9-10-22-33-29-20-18-28(19-21-29)30-31-23-27(24-32-30)17-16-26-14-12-25(11-4-2)13-15-26/h18-21,23-26H,3-17,22H2,1-2H3. The van der Waals surface area contributed by atoms with Crippen molar-refractivity contribution in [3.63, 3.8) is 0 Å². The number of rotatable bonds is 15. The van der Waals surface area contributed by atoms with Gasteiger partial charge in [-0.25, -0.2) is 9.97 Å². The van der Waals surface area contributed by atoms with Crippen LogP contribution in [0.2, 0.25) is 0 Å². The smallest absolute Gasteiger partial charge is 0.159 e. The normalized spacial score (nSPS) is 18.4. The molecule has 0 bridgehead atoms. The van der Waals surface area contributed by atoms with E-state index in [9.17, 15) is 0 Å². The highest BCUT2D eigenvalue weighted by molar-refractivity contribution is 5.55. The van der Waals surface area contributed by atoms with Crippen molar-refractivity contribution >= 4 is 0 Å². The minimum atomic E-state index is 0.803. The van der Waals surface area contributed by atoms with Gasteiger partial charge in [-0.05, 0) is 60.9 Å². The Bertz CT molecular complexity index is 748. The molecule has 0 aliphatic heterocycles. The van der Waals surface area contributed by atoms with Gasteiger partial charge in [0.15, 0.2) is 5.82 Å². The molecule has 0 unspecified atom stereocenters. The largest absolute Gasteiger partial charge is 0.494 e. The molecule has 3 heteroatoms. The van der Waals surface area contributed by atoms with Crippen molar-refractivity contribution in [3.05, 3.63) is 42.2 Å². The Kier molecular flexibility index (Phi) is 11.8. The molecule has 1 aromatic carbocycles. The van der Waals surface area contributed by atoms with E-state index in [-0.39, 0.29) is 0 Å². The summed E-state index contributed by atoms with van der Waals surface area (Å²) in [4.78, 5) is 9.29. The van der Waals surface area contributed by atoms with Crippen LogP contribution in [0.15, 0.2) is 36.7 Å². The highest BCUT2D eigenvalue weighted by Crippen LogP contribution is 2.33. The predicted molar refractivity (Wildman–Crippen MR) is 140 cm³/mol. The zero-order valence-corrected chi connectivity index (χ0v) is 21.2. The summed E-state index contributed by atoms with van der Waals surface area (Å²) in [6.07, 6.45) is 24.1. The lowest BCUT2D eigenvalue weighted by Gasteiger charge is -2.28. The van der Waals surface area contributed by atoms with E-state index in [1.165, 1.54) is 89.0 Å². The first kappa shape index (κ1) is 25.7. The van der Waals surface area contributed by atoms with Crippen LogP contribution < -0.4 is 4.74 Å². The zero-order chi connectivity index (χ0) is 23.1. The van der Waals surface area contributed by atoms with Crippen LogP contribution in [0.1, 0.15) is 109 Å². The van der Waals surface area contributed by atoms with Gasteiger partial charge in [0.2, 0.25) is 0 Å². The Morgan fingerprint density at radius 2 is 1.33 bits per heavy atom. The van der Waals surface area contributed by atoms with Gasteiger partial charge in [-0.2, -0.15) is 0 Å². The first-order valence-corrected chi connectivity index (χ1v) is 13.8. The summed E-state index contributed by atoms with van der Waals surface area (Å²) in [7, 11) is 0. The SMILES string of the molecule is CCCCCCCCCOc1ccc(-c2ncc(CCC3CCC(CCC)CC3)cn2)cc1. The molecule has 182 valence electrons. The van der Waals surface area contributed by atoms with E-state index in [1.807, 2.05) is 24.5 Å². The summed E-state index contributed by atoms with van der Waals surface area (Å²) in [6.45, 7) is 5.38. The van der Waals surface area contributed by atoms with E-state index < -0.39 is 0 Å². The summed E-state index contributed by atoms with van der Waals surface area (Å²) in [5, 5.41) is 0. The zero-order valence-electron chi connectivity index (χ0n) is 21.2. The molecule has 33 heavy (non-hydrogen) atoms. The summed E-state index contributed by atoms with van der Waals surface area (Å²) in [5.41, 5.74) is 2.32. The van der Waals surface area contributed by atoms with Crippen molar-refractivity contribution in [2.24, 2.45) is 11.8 Å². The Labute approximate surface area is 202 Å². The third-order valence-corrected chi connectivity index (χ3v) is 7.34. The van der Waals surface area contributed by atoms with Gasteiger partial charge < -0.3 is 4.74 Å². The van der Waals surface area contributed by atoms with E-state index in [2.05, 4.69) is 35.9 Å². The predicted octanol–water partition coefficient (Wildman–Crippen LogP) is 8.81. The second kappa shape index (κ2) is 15.1. The first-order chi connectivity index (χ1) is 16.3. The highest BCUT2D eigenvalue weighted by Gasteiger charge is 2.20. The molecule has 0 spiro atoms. The topological polar surface area (TPSA) is 35.0 Å². The first-order valence-electron chi connectivity index (χ1n) is 13.8. The minimum absolute atomic E-state index is 0.803. The number of ether oxygens (including phenoxy) is 1. The van der Waals surface area contributed by atoms with Crippen molar-refractivity contribution in [1.82, 2.24) is 9.97 Å². The van der Waals surface area contributed by atoms with Crippen molar-refractivity contribution in [3.8, 4) is 17.1 Å². The molecular weight excluding hydrogens is 404 g/mol. The minimum Gasteiger partial charge on any atom is -0.494 e. The van der Waals surface area contributed by atoms with Gasteiger partial charge in [-0.3, -0.25) is 0 Å². The Morgan fingerprint density at radius 1 is 0.727 bits per heavy atom. The molecule has 1 aliphatic rings. The lowest BCUT2D eigenvalue weighted by Crippen LogP contribution is -2.15. The number of benzene rings is 1. The number of nitrogens with zero attached hydrogens (tertiary/aromatic N) is 2. The molecular formula is C30H46N2O. The van der Waals surface area contributed by atoms with Gasteiger partial charge in [-0.15, -0.1) is 0 Å². The van der Waals surface area contributed by atoms with Crippen LogP contribution in [-0.4, -0.2) is 16.6 Å². The lowest BCUT2D eigenvalue weighted by molar-refractivity contribution is 0.252. The average molecular weight is 451 g/mol. The summed E-state index contributed by atoms with van der Waals surface area (Å²) < 4.78 is 5.91. The summed E-state index contributed by atoms with van der Waals surface area (Å²) in [5.74, 6) is 3.63. The summed E-state index contributed by atoms with van der Waals surface area (Å²) in [6, 6.07) is 8.24. The molecule has 2 aromatic rings. The Hall–Kier alpha value is -1.90. The van der Waals surface area contributed by atoms with Gasteiger partial charge in [-0.1, -0.05) is 90.9 Å². The Balaban J connectivity index is 1.34. The summed E-state index contributed by atoms with van der Waals surface area (Å²) >= 11 is 0. The number of hydrogen-bond acceptors (Lipinski definition) is 3. The van der Waals surface area contributed by atoms with Crippen LogP contribution in [0, 0.1) is 11.8 Å². The quantitative estimate of drug-likeness (QED) is 0.254. The third kappa shape index (κ3) is 9.47. The van der Waals surface area contributed by atoms with E-state index in [0.29, 0.717) is 0 Å². The van der Waals surface area contributed by atoms with Crippen LogP contribution in [-0.2, 0) is 6.42 Å². The lowest BCUT2D eigenvalue weighted by atomic mass is 9.78. The van der Waals surface area contributed by atoms with Crippen LogP contribution in [0.5, 0.6) is 5.75 Å². The Morgan fingerprint density at radius 3 is 1.97 bits per heavy atom. The maximum Gasteiger partial charge on any atom is 0.159 e. The number of unbranched alkanes of at least 4 members (excludes halogenated alkanes) is 6. The fraction of sp³-hybridized carbons (Fsp3) is 0.667. The number of aryl methyl sites for hydroxylation is 1. The van der Waals surface area contributed by atoms with Crippen molar-refractivity contribution in [2.45, 2.75) is 110 Å². The molecule has 0 N–H and O–H groups in total. The van der Waals surface area contributed by atoms with Crippen LogP contribution >= 0.6 is 0 Å². The molecule has 0 radical (unpaired) electrons. The molecule has 1 saturated carbocycles. The maximum absolute atomic E-state index is 5.91. The van der Waals surface area contributed by atoms with E-state index in [1.54, 1.807) is 0 Å². The van der Waals surface area contributed by atoms with Gasteiger partial charge >= 0.3 is 0 Å². The molecule has 1 aliphatic carbocycles. The molecule has 3 rings (SSSR count). The van der Waals surface area contributed by atoms with Crippen LogP contribution in [0.3, 0.4) is 0 Å². The molecule has 1 aromatic heterocycles. The monoisotopic (exact) mass is 450 g/mol. The molecule has 0 amide bonds. The molecule has 0 atom stereocenters. The number of hydrogen-bond donors (Lipinski definition) is 0. The van der Waals surface area contributed by atoms with Crippen molar-refractivity contribution < 1.29 is 4.74 Å². The molecule has 1 heterocycles. The van der Waals surface area contributed by atoms with Crippen LogP contribution in [0.4, 0.5) is 0 Å². The van der Waals surface area contributed by atoms with Crippen LogP contribution in [0.25, 0.3) is 11.4 Å². The molecule has 0 saturated heterocycles. The van der Waals surface area contributed by atoms with Gasteiger partial charge in [0, 0.05) is 18.0 Å². The highest BCUT2D eigenvalue weighted by atomic mass is 16.5. The fourth-order valence-corrected chi connectivity index (χ4v) is 5.17. The molecule has 1 fully saturated rings. The van der Waals surface area contributed by atoms with Gasteiger partial charge in [0.25, 0.3) is 0 Å². The maximum atomic E-state index is 5.91. The average Bonchev–Trinajstić information content (AvgIpc) is 2.86. The van der Waals surface area contributed by atoms with E-state index in [0.717, 1.165) is 48.4 Å². The van der Waals surface area contributed by atoms with Gasteiger partial charge in [0.1, 0.15) is 5.75 Å². The second-order valence-electron chi connectivity index (χ2n) is 10.1. The number of aromatic nitrogens is 2. The fourth-order valence-electron chi connectivity index (χ4n) is 5.17. The van der Waals surface area contributed by atoms with Gasteiger partial charge in [0.05, 0.1) is 6.61 Å². The van der Waals surface area contributed by atoms with Crippen molar-refractivity contribution in [1.29, 1.82) is 0 Å². The van der Waals surface area contributed by atoms with Crippen molar-refractivity contribution in [2.75, 3.05) is 6.61 Å². The van der Waals surface area contributed by atoms with E-state index >= 15 is 0 Å². The van der Waals surface area contributed by atoms with E-state index in [4.69, 9.17) is 4.74 Å². The molecule has 3 nitrogen and oxygen atoms in total.